The van der Waals surface area contributed by atoms with E-state index < -0.39 is 0 Å². The van der Waals surface area contributed by atoms with Crippen molar-refractivity contribution < 1.29 is 4.79 Å². The largest absolute Gasteiger partial charge is 0.398 e. The zero-order valence-corrected chi connectivity index (χ0v) is 12.3. The number of nitrogen functional groups attached to an aromatic ring is 1. The van der Waals surface area contributed by atoms with Crippen LogP contribution in [0.15, 0.2) is 24.3 Å². The third-order valence-corrected chi connectivity index (χ3v) is 3.23. The molecule has 1 unspecified atom stereocenters. The topological polar surface area (TPSA) is 55.1 Å². The average Bonchev–Trinajstić information content (AvgIpc) is 2.31. The van der Waals surface area contributed by atoms with Gasteiger partial charge >= 0.3 is 0 Å². The monoisotopic (exact) mass is 262 g/mol. The molecule has 0 heterocycles. The van der Waals surface area contributed by atoms with Gasteiger partial charge in [-0.15, -0.1) is 0 Å². The molecule has 1 atom stereocenters. The molecule has 1 amide bonds. The molecule has 0 spiro atoms. The van der Waals surface area contributed by atoms with Crippen molar-refractivity contribution in [2.24, 2.45) is 5.92 Å². The SMILES string of the molecule is CC(C)CCCC(C)NC(=O)Cc1ccccc1N. The second-order valence-electron chi connectivity index (χ2n) is 5.67. The summed E-state index contributed by atoms with van der Waals surface area (Å²) in [7, 11) is 0. The predicted molar refractivity (Wildman–Crippen MR) is 80.9 cm³/mol. The first kappa shape index (κ1) is 15.5. The van der Waals surface area contributed by atoms with E-state index in [9.17, 15) is 4.79 Å². The summed E-state index contributed by atoms with van der Waals surface area (Å²) < 4.78 is 0. The molecular weight excluding hydrogens is 236 g/mol. The Kier molecular flexibility index (Phi) is 6.40. The van der Waals surface area contributed by atoms with E-state index in [1.807, 2.05) is 24.3 Å². The van der Waals surface area contributed by atoms with Gasteiger partial charge in [0, 0.05) is 11.7 Å². The van der Waals surface area contributed by atoms with Crippen molar-refractivity contribution in [3.8, 4) is 0 Å². The predicted octanol–water partition coefficient (Wildman–Crippen LogP) is 3.14. The van der Waals surface area contributed by atoms with Gasteiger partial charge in [-0.1, -0.05) is 44.9 Å². The number of carbonyl (C=O) groups excluding carboxylic acids is 1. The Morgan fingerprint density at radius 3 is 2.53 bits per heavy atom. The van der Waals surface area contributed by atoms with Crippen molar-refractivity contribution >= 4 is 11.6 Å². The molecule has 1 rings (SSSR count). The van der Waals surface area contributed by atoms with E-state index in [4.69, 9.17) is 5.73 Å². The van der Waals surface area contributed by atoms with Crippen molar-refractivity contribution in [3.63, 3.8) is 0 Å². The lowest BCUT2D eigenvalue weighted by atomic mass is 10.0. The number of nitrogens with two attached hydrogens (primary N) is 1. The fourth-order valence-electron chi connectivity index (χ4n) is 2.10. The summed E-state index contributed by atoms with van der Waals surface area (Å²) >= 11 is 0. The molecule has 0 bridgehead atoms. The number of benzene rings is 1. The number of rotatable bonds is 7. The van der Waals surface area contributed by atoms with E-state index in [-0.39, 0.29) is 11.9 Å². The molecule has 3 nitrogen and oxygen atoms in total. The molecule has 0 aliphatic rings. The molecule has 1 aromatic carbocycles. The maximum absolute atomic E-state index is 11.9. The lowest BCUT2D eigenvalue weighted by molar-refractivity contribution is -0.121. The average molecular weight is 262 g/mol. The maximum Gasteiger partial charge on any atom is 0.224 e. The molecule has 106 valence electrons. The van der Waals surface area contributed by atoms with E-state index >= 15 is 0 Å². The highest BCUT2D eigenvalue weighted by Gasteiger charge is 2.09. The minimum Gasteiger partial charge on any atom is -0.398 e. The Morgan fingerprint density at radius 1 is 1.21 bits per heavy atom. The third kappa shape index (κ3) is 6.27. The quantitative estimate of drug-likeness (QED) is 0.742. The zero-order valence-electron chi connectivity index (χ0n) is 12.3. The van der Waals surface area contributed by atoms with E-state index in [1.165, 1.54) is 6.42 Å². The maximum atomic E-state index is 11.9. The highest BCUT2D eigenvalue weighted by Crippen LogP contribution is 2.12. The fraction of sp³-hybridized carbons (Fsp3) is 0.562. The van der Waals surface area contributed by atoms with E-state index in [2.05, 4.69) is 26.1 Å². The van der Waals surface area contributed by atoms with E-state index in [0.717, 1.165) is 24.3 Å². The van der Waals surface area contributed by atoms with E-state index in [0.29, 0.717) is 12.1 Å². The fourth-order valence-corrected chi connectivity index (χ4v) is 2.10. The Morgan fingerprint density at radius 2 is 1.89 bits per heavy atom. The van der Waals surface area contributed by atoms with Gasteiger partial charge < -0.3 is 11.1 Å². The van der Waals surface area contributed by atoms with Crippen LogP contribution >= 0.6 is 0 Å². The standard InChI is InChI=1S/C16H26N2O/c1-12(2)7-6-8-13(3)18-16(19)11-14-9-4-5-10-15(14)17/h4-5,9-10,12-13H,6-8,11,17H2,1-3H3,(H,18,19). The van der Waals surface area contributed by atoms with Gasteiger partial charge in [0.1, 0.15) is 0 Å². The molecule has 0 aromatic heterocycles. The summed E-state index contributed by atoms with van der Waals surface area (Å²) in [6, 6.07) is 7.75. The Hall–Kier alpha value is -1.51. The molecule has 3 heteroatoms. The van der Waals surface area contributed by atoms with Crippen molar-refractivity contribution in [1.82, 2.24) is 5.32 Å². The van der Waals surface area contributed by atoms with Gasteiger partial charge in [-0.25, -0.2) is 0 Å². The zero-order chi connectivity index (χ0) is 14.3. The second kappa shape index (κ2) is 7.82. The van der Waals surface area contributed by atoms with Gasteiger partial charge in [0.05, 0.1) is 6.42 Å². The van der Waals surface area contributed by atoms with Crippen molar-refractivity contribution in [2.45, 2.75) is 52.5 Å². The Balaban J connectivity index is 2.33. The summed E-state index contributed by atoms with van der Waals surface area (Å²) in [6.07, 6.45) is 3.77. The molecule has 0 saturated heterocycles. The molecule has 0 aliphatic carbocycles. The molecular formula is C16H26N2O. The molecule has 0 radical (unpaired) electrons. The highest BCUT2D eigenvalue weighted by atomic mass is 16.1. The first-order valence-corrected chi connectivity index (χ1v) is 7.11. The van der Waals surface area contributed by atoms with Gasteiger partial charge in [-0.2, -0.15) is 0 Å². The number of hydrogen-bond acceptors (Lipinski definition) is 2. The minimum absolute atomic E-state index is 0.0509. The van der Waals surface area contributed by atoms with Crippen LogP contribution in [0.3, 0.4) is 0 Å². The first-order chi connectivity index (χ1) is 8.99. The van der Waals surface area contributed by atoms with Crippen LogP contribution in [-0.4, -0.2) is 11.9 Å². The molecule has 19 heavy (non-hydrogen) atoms. The number of para-hydroxylation sites is 1. The summed E-state index contributed by atoms with van der Waals surface area (Å²) in [5.74, 6) is 0.780. The van der Waals surface area contributed by atoms with Crippen LogP contribution < -0.4 is 11.1 Å². The number of hydrogen-bond donors (Lipinski definition) is 2. The second-order valence-corrected chi connectivity index (χ2v) is 5.67. The molecule has 0 aliphatic heterocycles. The van der Waals surface area contributed by atoms with Crippen LogP contribution in [0.5, 0.6) is 0 Å². The van der Waals surface area contributed by atoms with Gasteiger partial charge in [0.15, 0.2) is 0 Å². The minimum atomic E-state index is 0.0509. The van der Waals surface area contributed by atoms with Crippen LogP contribution in [0.4, 0.5) is 5.69 Å². The van der Waals surface area contributed by atoms with Crippen LogP contribution in [0.1, 0.15) is 45.6 Å². The molecule has 0 fully saturated rings. The lowest BCUT2D eigenvalue weighted by Crippen LogP contribution is -2.33. The van der Waals surface area contributed by atoms with Crippen molar-refractivity contribution in [2.75, 3.05) is 5.73 Å². The third-order valence-electron chi connectivity index (χ3n) is 3.23. The molecule has 0 saturated carbocycles. The van der Waals surface area contributed by atoms with Gasteiger partial charge in [-0.05, 0) is 30.9 Å². The van der Waals surface area contributed by atoms with Crippen molar-refractivity contribution in [3.05, 3.63) is 29.8 Å². The number of anilines is 1. The first-order valence-electron chi connectivity index (χ1n) is 7.11. The number of carbonyl (C=O) groups is 1. The summed E-state index contributed by atoms with van der Waals surface area (Å²) in [6.45, 7) is 6.51. The summed E-state index contributed by atoms with van der Waals surface area (Å²) in [5.41, 5.74) is 7.42. The van der Waals surface area contributed by atoms with Crippen LogP contribution in [0.25, 0.3) is 0 Å². The lowest BCUT2D eigenvalue weighted by Gasteiger charge is -2.15. The molecule has 3 N–H and O–H groups in total. The van der Waals surface area contributed by atoms with Gasteiger partial charge in [0.25, 0.3) is 0 Å². The Labute approximate surface area is 116 Å². The smallest absolute Gasteiger partial charge is 0.224 e. The van der Waals surface area contributed by atoms with Crippen LogP contribution in [-0.2, 0) is 11.2 Å². The van der Waals surface area contributed by atoms with Crippen molar-refractivity contribution in [1.29, 1.82) is 0 Å². The van der Waals surface area contributed by atoms with Crippen LogP contribution in [0, 0.1) is 5.92 Å². The summed E-state index contributed by atoms with van der Waals surface area (Å²) in [4.78, 5) is 11.9. The Bertz CT molecular complexity index is 401. The molecule has 1 aromatic rings. The van der Waals surface area contributed by atoms with E-state index in [1.54, 1.807) is 0 Å². The summed E-state index contributed by atoms with van der Waals surface area (Å²) in [5, 5.41) is 3.03. The normalized spacial score (nSPS) is 12.4. The van der Waals surface area contributed by atoms with Crippen LogP contribution in [0.2, 0.25) is 0 Å². The number of amides is 1. The number of nitrogens with one attached hydrogen (secondary N) is 1. The van der Waals surface area contributed by atoms with Gasteiger partial charge in [-0.3, -0.25) is 4.79 Å². The highest BCUT2D eigenvalue weighted by molar-refractivity contribution is 5.80. The van der Waals surface area contributed by atoms with Gasteiger partial charge in [0.2, 0.25) is 5.91 Å².